The van der Waals surface area contributed by atoms with Gasteiger partial charge in [0.1, 0.15) is 17.6 Å². The predicted molar refractivity (Wildman–Crippen MR) is 119 cm³/mol. The van der Waals surface area contributed by atoms with Crippen LogP contribution < -0.4 is 19.7 Å². The minimum atomic E-state index is 0.0151. The fraction of sp³-hybridized carbons (Fsp3) is 0.480. The van der Waals surface area contributed by atoms with Crippen molar-refractivity contribution in [2.24, 2.45) is 11.8 Å². The Balaban J connectivity index is 1.23. The zero-order chi connectivity index (χ0) is 21.1. The van der Waals surface area contributed by atoms with E-state index in [4.69, 9.17) is 9.47 Å². The van der Waals surface area contributed by atoms with Gasteiger partial charge < -0.3 is 19.7 Å². The minimum Gasteiger partial charge on any atom is -0.494 e. The van der Waals surface area contributed by atoms with E-state index in [1.54, 1.807) is 0 Å². The molecule has 2 fully saturated rings. The van der Waals surface area contributed by atoms with Crippen LogP contribution in [0.3, 0.4) is 0 Å². The van der Waals surface area contributed by atoms with Crippen molar-refractivity contribution in [3.8, 4) is 11.5 Å². The van der Waals surface area contributed by atoms with Crippen LogP contribution in [0.25, 0.3) is 0 Å². The summed E-state index contributed by atoms with van der Waals surface area (Å²) in [5, 5.41) is 3.14. The van der Waals surface area contributed by atoms with Crippen LogP contribution in [0.2, 0.25) is 0 Å². The van der Waals surface area contributed by atoms with Crippen LogP contribution in [0.1, 0.15) is 45.2 Å². The molecule has 1 heterocycles. The molecule has 2 aromatic carbocycles. The Kier molecular flexibility index (Phi) is 6.16. The van der Waals surface area contributed by atoms with E-state index in [1.807, 2.05) is 50.2 Å². The van der Waals surface area contributed by atoms with Gasteiger partial charge >= 0.3 is 0 Å². The maximum Gasteiger partial charge on any atom is 0.223 e. The molecule has 1 unspecified atom stereocenters. The Bertz CT molecular complexity index is 838. The monoisotopic (exact) mass is 408 g/mol. The van der Waals surface area contributed by atoms with Crippen LogP contribution in [-0.4, -0.2) is 31.7 Å². The largest absolute Gasteiger partial charge is 0.494 e. The quantitative estimate of drug-likeness (QED) is 0.695. The molecule has 1 amide bonds. The van der Waals surface area contributed by atoms with Crippen LogP contribution in [0.4, 0.5) is 5.69 Å². The third-order valence-electron chi connectivity index (χ3n) is 6.15. The van der Waals surface area contributed by atoms with Crippen molar-refractivity contribution >= 4 is 11.6 Å². The van der Waals surface area contributed by atoms with Gasteiger partial charge in [0, 0.05) is 11.6 Å². The van der Waals surface area contributed by atoms with Gasteiger partial charge in [0.25, 0.3) is 0 Å². The lowest BCUT2D eigenvalue weighted by Crippen LogP contribution is -2.54. The summed E-state index contributed by atoms with van der Waals surface area (Å²) in [4.78, 5) is 14.6. The van der Waals surface area contributed by atoms with Crippen molar-refractivity contribution in [1.82, 2.24) is 5.32 Å². The fourth-order valence-electron chi connectivity index (χ4n) is 4.20. The number of hydrogen-bond acceptors (Lipinski definition) is 4. The topological polar surface area (TPSA) is 50.8 Å². The zero-order valence-corrected chi connectivity index (χ0v) is 18.1. The molecule has 1 N–H and O–H groups in total. The number of hydrogen-bond donors (Lipinski definition) is 1. The van der Waals surface area contributed by atoms with E-state index < -0.39 is 0 Å². The van der Waals surface area contributed by atoms with Gasteiger partial charge in [0.05, 0.1) is 25.7 Å². The third kappa shape index (κ3) is 4.72. The second-order valence-electron chi connectivity index (χ2n) is 8.64. The van der Waals surface area contributed by atoms with Crippen molar-refractivity contribution in [2.75, 3.05) is 24.6 Å². The molecule has 0 spiro atoms. The van der Waals surface area contributed by atoms with E-state index in [2.05, 4.69) is 29.3 Å². The number of rotatable bonds is 8. The molecule has 0 aromatic heterocycles. The normalized spacial score (nSPS) is 21.9. The van der Waals surface area contributed by atoms with Crippen molar-refractivity contribution in [1.29, 1.82) is 0 Å². The molecular weight excluding hydrogens is 376 g/mol. The lowest BCUT2D eigenvalue weighted by Gasteiger charge is -2.40. The Morgan fingerprint density at radius 2 is 1.70 bits per heavy atom. The maximum absolute atomic E-state index is 12.3. The summed E-state index contributed by atoms with van der Waals surface area (Å²) in [6.45, 7) is 8.67. The first-order valence-corrected chi connectivity index (χ1v) is 11.1. The van der Waals surface area contributed by atoms with Crippen LogP contribution in [0.15, 0.2) is 48.5 Å². The van der Waals surface area contributed by atoms with Crippen LogP contribution in [0.5, 0.6) is 11.5 Å². The molecule has 5 nitrogen and oxygen atoms in total. The molecule has 1 aliphatic carbocycles. The second-order valence-corrected chi connectivity index (χ2v) is 8.64. The Morgan fingerprint density at radius 1 is 1.07 bits per heavy atom. The summed E-state index contributed by atoms with van der Waals surface area (Å²) in [6, 6.07) is 16.3. The number of nitrogens with zero attached hydrogens (tertiary/aromatic N) is 1. The highest BCUT2D eigenvalue weighted by Gasteiger charge is 2.32. The van der Waals surface area contributed by atoms with E-state index in [0.29, 0.717) is 12.5 Å². The number of carbonyl (C=O) groups excluding carboxylic acids is 1. The summed E-state index contributed by atoms with van der Waals surface area (Å²) < 4.78 is 11.6. The average molecular weight is 409 g/mol. The number of ether oxygens (including phenoxy) is 2. The van der Waals surface area contributed by atoms with Crippen molar-refractivity contribution in [3.05, 3.63) is 54.1 Å². The summed E-state index contributed by atoms with van der Waals surface area (Å²) >= 11 is 0. The lowest BCUT2D eigenvalue weighted by atomic mass is 9.75. The Morgan fingerprint density at radius 3 is 2.30 bits per heavy atom. The molecule has 0 radical (unpaired) electrons. The standard InChI is InChI=1S/C25H32N2O3/c1-4-29-22-11-7-21(8-12-22)27-15-24(16-27)30-23-9-5-19(6-10-23)18(3)26-25(28)20-13-17(2)14-20/h5-12,17-18,20,24H,4,13-16H2,1-3H3,(H,26,28). The first-order valence-electron chi connectivity index (χ1n) is 11.1. The van der Waals surface area contributed by atoms with E-state index in [9.17, 15) is 4.79 Å². The molecule has 2 aliphatic rings. The lowest BCUT2D eigenvalue weighted by molar-refractivity contribution is -0.129. The van der Waals surface area contributed by atoms with Crippen molar-refractivity contribution in [2.45, 2.75) is 45.8 Å². The van der Waals surface area contributed by atoms with Crippen LogP contribution >= 0.6 is 0 Å². The van der Waals surface area contributed by atoms with E-state index in [-0.39, 0.29) is 24.0 Å². The van der Waals surface area contributed by atoms with Crippen LogP contribution in [0, 0.1) is 11.8 Å². The number of benzene rings is 2. The molecule has 1 saturated heterocycles. The van der Waals surface area contributed by atoms with Gasteiger partial charge in [-0.15, -0.1) is 0 Å². The van der Waals surface area contributed by atoms with Gasteiger partial charge in [-0.25, -0.2) is 0 Å². The van der Waals surface area contributed by atoms with Gasteiger partial charge in [-0.3, -0.25) is 4.79 Å². The van der Waals surface area contributed by atoms with Gasteiger partial charge in [0.2, 0.25) is 5.91 Å². The molecule has 30 heavy (non-hydrogen) atoms. The minimum absolute atomic E-state index is 0.0151. The van der Waals surface area contributed by atoms with Gasteiger partial charge in [-0.05, 0) is 74.6 Å². The molecule has 1 saturated carbocycles. The van der Waals surface area contributed by atoms with Gasteiger partial charge in [-0.1, -0.05) is 19.1 Å². The Labute approximate surface area is 179 Å². The number of amides is 1. The molecule has 160 valence electrons. The van der Waals surface area contributed by atoms with E-state index in [1.165, 1.54) is 5.69 Å². The van der Waals surface area contributed by atoms with E-state index >= 15 is 0 Å². The smallest absolute Gasteiger partial charge is 0.223 e. The molecule has 1 aliphatic heterocycles. The molecule has 0 bridgehead atoms. The third-order valence-corrected chi connectivity index (χ3v) is 6.15. The predicted octanol–water partition coefficient (Wildman–Crippen LogP) is 4.58. The molecule has 4 rings (SSSR count). The molecule has 5 heteroatoms. The van der Waals surface area contributed by atoms with Crippen molar-refractivity contribution in [3.63, 3.8) is 0 Å². The molecule has 2 aromatic rings. The first-order chi connectivity index (χ1) is 14.5. The highest BCUT2D eigenvalue weighted by Crippen LogP contribution is 2.33. The van der Waals surface area contributed by atoms with Gasteiger partial charge in [0.15, 0.2) is 0 Å². The second kappa shape index (κ2) is 8.99. The SMILES string of the molecule is CCOc1ccc(N2CC(Oc3ccc(C(C)NC(=O)C4CC(C)C4)cc3)C2)cc1. The molecular formula is C25H32N2O3. The maximum atomic E-state index is 12.3. The summed E-state index contributed by atoms with van der Waals surface area (Å²) in [5.74, 6) is 2.85. The average Bonchev–Trinajstić information content (AvgIpc) is 2.69. The number of anilines is 1. The highest BCUT2D eigenvalue weighted by molar-refractivity contribution is 5.79. The summed E-state index contributed by atoms with van der Waals surface area (Å²) in [7, 11) is 0. The fourth-order valence-corrected chi connectivity index (χ4v) is 4.20. The first kappa shape index (κ1) is 20.6. The number of nitrogens with one attached hydrogen (secondary N) is 1. The van der Waals surface area contributed by atoms with E-state index in [0.717, 1.165) is 43.0 Å². The molecule has 1 atom stereocenters. The highest BCUT2D eigenvalue weighted by atomic mass is 16.5. The summed E-state index contributed by atoms with van der Waals surface area (Å²) in [5.41, 5.74) is 2.30. The zero-order valence-electron chi connectivity index (χ0n) is 18.1. The van der Waals surface area contributed by atoms with Gasteiger partial charge in [-0.2, -0.15) is 0 Å². The van der Waals surface area contributed by atoms with Crippen LogP contribution in [-0.2, 0) is 4.79 Å². The van der Waals surface area contributed by atoms with Crippen molar-refractivity contribution < 1.29 is 14.3 Å². The number of carbonyl (C=O) groups is 1. The Hall–Kier alpha value is -2.69. The summed E-state index contributed by atoms with van der Waals surface area (Å²) in [6.07, 6.45) is 2.22.